The van der Waals surface area contributed by atoms with E-state index in [0.29, 0.717) is 5.54 Å². The lowest BCUT2D eigenvalue weighted by molar-refractivity contribution is -0.193. The van der Waals surface area contributed by atoms with Crippen LogP contribution < -0.4 is 0 Å². The normalized spacial score (nSPS) is 20.8. The van der Waals surface area contributed by atoms with Crippen LogP contribution in [0, 0.1) is 5.92 Å². The van der Waals surface area contributed by atoms with E-state index in [4.69, 9.17) is 24.2 Å². The van der Waals surface area contributed by atoms with Crippen molar-refractivity contribution in [2.45, 2.75) is 63.0 Å². The summed E-state index contributed by atoms with van der Waals surface area (Å²) in [7, 11) is 0. The van der Waals surface area contributed by atoms with Crippen LogP contribution in [-0.4, -0.2) is 76.0 Å². The Labute approximate surface area is 192 Å². The fourth-order valence-electron chi connectivity index (χ4n) is 4.23. The first-order valence-corrected chi connectivity index (χ1v) is 10.8. The Morgan fingerprint density at radius 1 is 0.971 bits per heavy atom. The number of carboxylic acids is 2. The van der Waals surface area contributed by atoms with Crippen molar-refractivity contribution in [2.24, 2.45) is 5.92 Å². The predicted molar refractivity (Wildman–Crippen MR) is 107 cm³/mol. The average Bonchev–Trinajstić information content (AvgIpc) is 3.25. The number of furan rings is 1. The van der Waals surface area contributed by atoms with Gasteiger partial charge in [-0.2, -0.15) is 26.3 Å². The third-order valence-corrected chi connectivity index (χ3v) is 6.17. The number of nitrogens with zero attached hydrogens (tertiary/aromatic N) is 2. The molecule has 4 rings (SSSR count). The molecule has 13 heteroatoms. The largest absolute Gasteiger partial charge is 0.490 e. The Bertz CT molecular complexity index is 761. The highest BCUT2D eigenvalue weighted by molar-refractivity contribution is 5.73. The highest BCUT2D eigenvalue weighted by atomic mass is 19.4. The van der Waals surface area contributed by atoms with Crippen molar-refractivity contribution in [1.82, 2.24) is 9.80 Å². The van der Waals surface area contributed by atoms with Crippen molar-refractivity contribution >= 4 is 11.9 Å². The van der Waals surface area contributed by atoms with Crippen molar-refractivity contribution in [1.29, 1.82) is 0 Å². The van der Waals surface area contributed by atoms with Crippen molar-refractivity contribution < 1.29 is 50.6 Å². The molecule has 1 aromatic rings. The van der Waals surface area contributed by atoms with Crippen molar-refractivity contribution in [3.8, 4) is 0 Å². The van der Waals surface area contributed by atoms with Crippen LogP contribution >= 0.6 is 0 Å². The minimum absolute atomic E-state index is 0.565. The summed E-state index contributed by atoms with van der Waals surface area (Å²) in [6.07, 6.45) is 2.09. The molecule has 194 valence electrons. The molecule has 1 aromatic heterocycles. The highest BCUT2D eigenvalue weighted by Crippen LogP contribution is 2.41. The van der Waals surface area contributed by atoms with E-state index in [1.807, 2.05) is 6.26 Å². The van der Waals surface area contributed by atoms with Crippen molar-refractivity contribution in [3.05, 3.63) is 24.2 Å². The number of halogens is 6. The van der Waals surface area contributed by atoms with Crippen LogP contribution in [0.4, 0.5) is 26.3 Å². The Kier molecular flexibility index (Phi) is 9.40. The van der Waals surface area contributed by atoms with Gasteiger partial charge < -0.3 is 14.6 Å². The SMILES string of the molecule is O=C(O)C(F)(F)F.O=C(O)C(F)(F)F.c1cc(CN2CCC3(CCCN3CC3CC3)CC2)co1. The summed E-state index contributed by atoms with van der Waals surface area (Å²) in [5, 5.41) is 14.2. The van der Waals surface area contributed by atoms with Crippen molar-refractivity contribution in [2.75, 3.05) is 26.2 Å². The molecule has 34 heavy (non-hydrogen) atoms. The fraction of sp³-hybridized carbons (Fsp3) is 0.714. The average molecular weight is 502 g/mol. The summed E-state index contributed by atoms with van der Waals surface area (Å²) in [4.78, 5) is 23.3. The summed E-state index contributed by atoms with van der Waals surface area (Å²) in [5.41, 5.74) is 1.89. The zero-order valence-corrected chi connectivity index (χ0v) is 18.4. The van der Waals surface area contributed by atoms with Gasteiger partial charge in [-0.15, -0.1) is 0 Å². The maximum absolute atomic E-state index is 10.6. The van der Waals surface area contributed by atoms with Crippen LogP contribution in [-0.2, 0) is 16.1 Å². The van der Waals surface area contributed by atoms with Gasteiger partial charge in [0.2, 0.25) is 0 Å². The maximum Gasteiger partial charge on any atom is 0.490 e. The smallest absolute Gasteiger partial charge is 0.475 e. The first kappa shape index (κ1) is 28.0. The molecule has 2 N–H and O–H groups in total. The summed E-state index contributed by atoms with van der Waals surface area (Å²) >= 11 is 0. The molecule has 0 aromatic carbocycles. The second-order valence-electron chi connectivity index (χ2n) is 8.73. The fourth-order valence-corrected chi connectivity index (χ4v) is 4.23. The van der Waals surface area contributed by atoms with Crippen LogP contribution in [0.1, 0.15) is 44.1 Å². The number of hydrogen-bond acceptors (Lipinski definition) is 5. The van der Waals surface area contributed by atoms with Gasteiger partial charge >= 0.3 is 24.3 Å². The molecular weight excluding hydrogens is 474 g/mol. The second-order valence-corrected chi connectivity index (χ2v) is 8.73. The Morgan fingerprint density at radius 3 is 1.91 bits per heavy atom. The number of hydrogen-bond donors (Lipinski definition) is 2. The molecule has 0 amide bonds. The number of carbonyl (C=O) groups is 2. The summed E-state index contributed by atoms with van der Waals surface area (Å²) in [5.74, 6) is -4.48. The Morgan fingerprint density at radius 2 is 1.50 bits per heavy atom. The number of aliphatic carboxylic acids is 2. The van der Waals surface area contributed by atoms with Crippen LogP contribution in [0.3, 0.4) is 0 Å². The molecule has 3 fully saturated rings. The van der Waals surface area contributed by atoms with E-state index < -0.39 is 24.3 Å². The van der Waals surface area contributed by atoms with Gasteiger partial charge in [0.25, 0.3) is 0 Å². The summed E-state index contributed by atoms with van der Waals surface area (Å²) in [6, 6.07) is 2.10. The first-order valence-electron chi connectivity index (χ1n) is 10.8. The van der Waals surface area contributed by atoms with E-state index in [0.717, 1.165) is 12.5 Å². The van der Waals surface area contributed by atoms with Crippen LogP contribution in [0.15, 0.2) is 23.0 Å². The zero-order chi connectivity index (χ0) is 25.6. The van der Waals surface area contributed by atoms with Gasteiger partial charge in [0, 0.05) is 37.3 Å². The molecule has 7 nitrogen and oxygen atoms in total. The second kappa shape index (κ2) is 11.4. The van der Waals surface area contributed by atoms with Crippen LogP contribution in [0.2, 0.25) is 0 Å². The van der Waals surface area contributed by atoms with Crippen LogP contribution in [0.25, 0.3) is 0 Å². The lowest BCUT2D eigenvalue weighted by atomic mass is 9.84. The number of piperidine rings is 1. The van der Waals surface area contributed by atoms with Gasteiger partial charge in [-0.1, -0.05) is 0 Å². The van der Waals surface area contributed by atoms with E-state index in [1.54, 1.807) is 6.26 Å². The number of carboxylic acid groups (broad SMARTS) is 2. The van der Waals surface area contributed by atoms with Crippen molar-refractivity contribution in [3.63, 3.8) is 0 Å². The zero-order valence-electron chi connectivity index (χ0n) is 18.4. The molecule has 2 aliphatic heterocycles. The van der Waals surface area contributed by atoms with Gasteiger partial charge in [-0.05, 0) is 57.1 Å². The van der Waals surface area contributed by atoms with E-state index in [9.17, 15) is 26.3 Å². The van der Waals surface area contributed by atoms with E-state index in [1.165, 1.54) is 70.3 Å². The summed E-state index contributed by atoms with van der Waals surface area (Å²) < 4.78 is 68.7. The van der Waals surface area contributed by atoms with E-state index >= 15 is 0 Å². The van der Waals surface area contributed by atoms with Gasteiger partial charge in [0.05, 0.1) is 12.5 Å². The standard InChI is InChI=1S/C17H26N2O.2C2HF3O2/c1-5-17(19(8-1)13-15-2-3-15)6-9-18(10-7-17)12-16-4-11-20-14-16;2*3-2(4,5)1(6)7/h4,11,14-15H,1-3,5-10,12-13H2;2*(H,6,7). The lowest BCUT2D eigenvalue weighted by Gasteiger charge is -2.45. The molecule has 1 aliphatic carbocycles. The quantitative estimate of drug-likeness (QED) is 0.590. The van der Waals surface area contributed by atoms with Gasteiger partial charge in [-0.25, -0.2) is 9.59 Å². The molecule has 0 atom stereocenters. The molecule has 2 saturated heterocycles. The molecule has 3 heterocycles. The van der Waals surface area contributed by atoms with Gasteiger partial charge in [0.1, 0.15) is 0 Å². The molecule has 0 bridgehead atoms. The third kappa shape index (κ3) is 8.82. The minimum Gasteiger partial charge on any atom is -0.475 e. The maximum atomic E-state index is 10.6. The van der Waals surface area contributed by atoms with Gasteiger partial charge in [0.15, 0.2) is 0 Å². The number of likely N-dealkylation sites (tertiary alicyclic amines) is 2. The predicted octanol–water partition coefficient (Wildman–Crippen LogP) is 4.39. The molecule has 3 aliphatic rings. The summed E-state index contributed by atoms with van der Waals surface area (Å²) in [6.45, 7) is 6.33. The molecule has 1 spiro atoms. The Hall–Kier alpha value is -2.28. The molecule has 1 saturated carbocycles. The molecular formula is C21H28F6N2O5. The monoisotopic (exact) mass is 502 g/mol. The van der Waals surface area contributed by atoms with Crippen LogP contribution in [0.5, 0.6) is 0 Å². The lowest BCUT2D eigenvalue weighted by Crippen LogP contribution is -2.52. The van der Waals surface area contributed by atoms with Gasteiger partial charge in [-0.3, -0.25) is 9.80 Å². The number of alkyl halides is 6. The van der Waals surface area contributed by atoms with E-state index in [2.05, 4.69) is 15.9 Å². The topological polar surface area (TPSA) is 94.2 Å². The Balaban J connectivity index is 0.000000244. The first-order chi connectivity index (χ1) is 15.7. The van der Waals surface area contributed by atoms with E-state index in [-0.39, 0.29) is 0 Å². The molecule has 0 unspecified atom stereocenters. The number of rotatable bonds is 4. The third-order valence-electron chi connectivity index (χ3n) is 6.17. The minimum atomic E-state index is -5.08. The molecule has 0 radical (unpaired) electrons. The highest BCUT2D eigenvalue weighted by Gasteiger charge is 2.44.